The molecule has 0 unspecified atom stereocenters. The smallest absolute Gasteiger partial charge is 0.227 e. The minimum Gasteiger partial charge on any atom is -0.436 e. The van der Waals surface area contributed by atoms with Crippen LogP contribution in [0.25, 0.3) is 22.6 Å². The molecule has 0 bridgehead atoms. The first kappa shape index (κ1) is 15.0. The Labute approximate surface area is 133 Å². The highest BCUT2D eigenvalue weighted by Gasteiger charge is 2.08. The van der Waals surface area contributed by atoms with E-state index < -0.39 is 0 Å². The van der Waals surface area contributed by atoms with Crippen molar-refractivity contribution in [1.29, 1.82) is 0 Å². The Hall–Kier alpha value is -2.95. The minimum absolute atomic E-state index is 0.00598. The van der Waals surface area contributed by atoms with Crippen LogP contribution in [0.4, 0.5) is 5.69 Å². The van der Waals surface area contributed by atoms with Gasteiger partial charge in [0.2, 0.25) is 11.8 Å². The summed E-state index contributed by atoms with van der Waals surface area (Å²) in [5.74, 6) is 0.377. The predicted octanol–water partition coefficient (Wildman–Crippen LogP) is 3.80. The number of nitrogens with zero attached hydrogens (tertiary/aromatic N) is 1. The molecule has 1 aromatic heterocycles. The van der Waals surface area contributed by atoms with E-state index in [0.29, 0.717) is 11.6 Å². The van der Waals surface area contributed by atoms with Crippen LogP contribution in [0, 0.1) is 0 Å². The summed E-state index contributed by atoms with van der Waals surface area (Å²) in [4.78, 5) is 27.0. The average molecular weight is 308 g/mol. The van der Waals surface area contributed by atoms with Crippen molar-refractivity contribution in [2.24, 2.45) is 0 Å². The van der Waals surface area contributed by atoms with Gasteiger partial charge in [0, 0.05) is 24.1 Å². The third-order valence-electron chi connectivity index (χ3n) is 3.41. The third kappa shape index (κ3) is 3.63. The first-order chi connectivity index (χ1) is 11.1. The van der Waals surface area contributed by atoms with Gasteiger partial charge in [-0.15, -0.1) is 0 Å². The molecule has 0 aliphatic rings. The Morgan fingerprint density at radius 3 is 2.48 bits per heavy atom. The number of ketones is 1. The van der Waals surface area contributed by atoms with E-state index in [-0.39, 0.29) is 24.5 Å². The fourth-order valence-electron chi connectivity index (χ4n) is 2.20. The van der Waals surface area contributed by atoms with E-state index in [9.17, 15) is 9.59 Å². The lowest BCUT2D eigenvalue weighted by Crippen LogP contribution is -2.12. The Morgan fingerprint density at radius 2 is 1.78 bits per heavy atom. The van der Waals surface area contributed by atoms with E-state index in [2.05, 4.69) is 10.3 Å². The van der Waals surface area contributed by atoms with Crippen LogP contribution in [0.3, 0.4) is 0 Å². The zero-order chi connectivity index (χ0) is 16.2. The zero-order valence-corrected chi connectivity index (χ0v) is 12.7. The summed E-state index contributed by atoms with van der Waals surface area (Å²) in [5.41, 5.74) is 3.06. The highest BCUT2D eigenvalue weighted by molar-refractivity contribution is 5.93. The number of benzene rings is 2. The molecule has 0 aliphatic carbocycles. The first-order valence-electron chi connectivity index (χ1n) is 7.37. The molecule has 1 amide bonds. The third-order valence-corrected chi connectivity index (χ3v) is 3.41. The molecule has 3 rings (SSSR count). The summed E-state index contributed by atoms with van der Waals surface area (Å²) in [6.07, 6.45) is 0.453. The molecule has 23 heavy (non-hydrogen) atoms. The molecular formula is C18H16N2O3. The second kappa shape index (κ2) is 6.44. The number of amides is 1. The number of anilines is 1. The number of Topliss-reactive ketones (excluding diaryl/α,β-unsaturated/α-hetero) is 1. The quantitative estimate of drug-likeness (QED) is 0.778. The molecule has 5 heteroatoms. The molecule has 5 nitrogen and oxygen atoms in total. The molecule has 0 fully saturated rings. The Kier molecular flexibility index (Phi) is 4.19. The van der Waals surface area contributed by atoms with E-state index in [1.54, 1.807) is 12.1 Å². The second-order valence-electron chi connectivity index (χ2n) is 5.31. The summed E-state index contributed by atoms with van der Waals surface area (Å²) < 4.78 is 5.70. The van der Waals surface area contributed by atoms with Crippen molar-refractivity contribution in [2.45, 2.75) is 19.8 Å². The highest BCUT2D eigenvalue weighted by Crippen LogP contribution is 2.25. The number of hydrogen-bond acceptors (Lipinski definition) is 4. The van der Waals surface area contributed by atoms with Gasteiger partial charge in [0.05, 0.1) is 0 Å². The lowest BCUT2D eigenvalue weighted by molar-refractivity contribution is -0.121. The monoisotopic (exact) mass is 308 g/mol. The van der Waals surface area contributed by atoms with Gasteiger partial charge in [-0.25, -0.2) is 4.98 Å². The Bertz CT molecular complexity index is 817. The number of carbonyl (C=O) groups is 2. The molecule has 0 saturated carbocycles. The Morgan fingerprint density at radius 1 is 1.04 bits per heavy atom. The van der Waals surface area contributed by atoms with Gasteiger partial charge in [0.25, 0.3) is 0 Å². The van der Waals surface area contributed by atoms with Gasteiger partial charge in [-0.1, -0.05) is 12.1 Å². The van der Waals surface area contributed by atoms with E-state index in [1.165, 1.54) is 6.92 Å². The fourth-order valence-corrected chi connectivity index (χ4v) is 2.20. The zero-order valence-electron chi connectivity index (χ0n) is 12.7. The number of aromatic nitrogens is 1. The molecule has 1 heterocycles. The first-order valence-corrected chi connectivity index (χ1v) is 7.37. The number of hydrogen-bond donors (Lipinski definition) is 1. The summed E-state index contributed by atoms with van der Waals surface area (Å²) in [5, 5.41) is 2.76. The molecule has 0 saturated heterocycles. The maximum atomic E-state index is 11.7. The summed E-state index contributed by atoms with van der Waals surface area (Å²) >= 11 is 0. The topological polar surface area (TPSA) is 72.2 Å². The number of fused-ring (bicyclic) bond motifs is 1. The molecular weight excluding hydrogens is 292 g/mol. The van der Waals surface area contributed by atoms with Crippen LogP contribution in [0.1, 0.15) is 19.8 Å². The van der Waals surface area contributed by atoms with Gasteiger partial charge in [-0.05, 0) is 43.3 Å². The van der Waals surface area contributed by atoms with Gasteiger partial charge in [0.1, 0.15) is 11.3 Å². The van der Waals surface area contributed by atoms with Gasteiger partial charge in [-0.3, -0.25) is 4.79 Å². The fraction of sp³-hybridized carbons (Fsp3) is 0.167. The van der Waals surface area contributed by atoms with Gasteiger partial charge >= 0.3 is 0 Å². The van der Waals surface area contributed by atoms with Crippen LogP contribution in [-0.4, -0.2) is 16.7 Å². The van der Waals surface area contributed by atoms with Crippen molar-refractivity contribution in [3.63, 3.8) is 0 Å². The van der Waals surface area contributed by atoms with Crippen LogP contribution >= 0.6 is 0 Å². The van der Waals surface area contributed by atoms with Crippen LogP contribution in [-0.2, 0) is 9.59 Å². The van der Waals surface area contributed by atoms with E-state index >= 15 is 0 Å². The molecule has 0 atom stereocenters. The van der Waals surface area contributed by atoms with Crippen LogP contribution in [0.5, 0.6) is 0 Å². The summed E-state index contributed by atoms with van der Waals surface area (Å²) in [6.45, 7) is 1.47. The lowest BCUT2D eigenvalue weighted by atomic mass is 10.2. The van der Waals surface area contributed by atoms with E-state index in [4.69, 9.17) is 4.42 Å². The highest BCUT2D eigenvalue weighted by atomic mass is 16.3. The van der Waals surface area contributed by atoms with Crippen molar-refractivity contribution in [3.8, 4) is 11.5 Å². The molecule has 0 spiro atoms. The van der Waals surface area contributed by atoms with Crippen LogP contribution in [0.15, 0.2) is 52.9 Å². The number of carbonyl (C=O) groups excluding carboxylic acids is 2. The number of nitrogens with one attached hydrogen (secondary N) is 1. The van der Waals surface area contributed by atoms with Crippen molar-refractivity contribution in [1.82, 2.24) is 4.98 Å². The van der Waals surface area contributed by atoms with Crippen molar-refractivity contribution < 1.29 is 14.0 Å². The maximum Gasteiger partial charge on any atom is 0.227 e. The maximum absolute atomic E-state index is 11.7. The molecule has 0 aliphatic heterocycles. The van der Waals surface area contributed by atoms with Crippen LogP contribution in [0.2, 0.25) is 0 Å². The molecule has 0 radical (unpaired) electrons. The lowest BCUT2D eigenvalue weighted by Gasteiger charge is -2.04. The molecule has 2 aromatic carbocycles. The summed E-state index contributed by atoms with van der Waals surface area (Å²) in [7, 11) is 0. The van der Waals surface area contributed by atoms with E-state index in [1.807, 2.05) is 36.4 Å². The van der Waals surface area contributed by atoms with Gasteiger partial charge in [-0.2, -0.15) is 0 Å². The van der Waals surface area contributed by atoms with E-state index in [0.717, 1.165) is 16.7 Å². The predicted molar refractivity (Wildman–Crippen MR) is 88.0 cm³/mol. The SMILES string of the molecule is CC(=O)CCC(=O)Nc1ccc(-c2nc3ccccc3o2)cc1. The largest absolute Gasteiger partial charge is 0.436 e. The van der Waals surface area contributed by atoms with Gasteiger partial charge in [0.15, 0.2) is 5.58 Å². The molecule has 3 aromatic rings. The average Bonchev–Trinajstić information content (AvgIpc) is 2.97. The second-order valence-corrected chi connectivity index (χ2v) is 5.31. The molecule has 116 valence electrons. The van der Waals surface area contributed by atoms with Crippen LogP contribution < -0.4 is 5.32 Å². The normalized spacial score (nSPS) is 10.7. The van der Waals surface area contributed by atoms with Crippen molar-refractivity contribution in [2.75, 3.05) is 5.32 Å². The Balaban J connectivity index is 1.71. The van der Waals surface area contributed by atoms with Gasteiger partial charge < -0.3 is 14.5 Å². The number of rotatable bonds is 5. The standard InChI is InChI=1S/C18H16N2O3/c1-12(21)6-11-17(22)19-14-9-7-13(8-10-14)18-20-15-4-2-3-5-16(15)23-18/h2-5,7-10H,6,11H2,1H3,(H,19,22). The number of para-hydroxylation sites is 2. The van der Waals surface area contributed by atoms with Crippen molar-refractivity contribution in [3.05, 3.63) is 48.5 Å². The summed E-state index contributed by atoms with van der Waals surface area (Å²) in [6, 6.07) is 14.8. The van der Waals surface area contributed by atoms with Crippen molar-refractivity contribution >= 4 is 28.5 Å². The minimum atomic E-state index is -0.171. The molecule has 1 N–H and O–H groups in total. The number of oxazole rings is 1.